The molecule has 1 N–H and O–H groups in total. The van der Waals surface area contributed by atoms with Crippen LogP contribution in [0.4, 0.5) is 0 Å². The first-order valence-electron chi connectivity index (χ1n) is 10.6. The SMILES string of the molecule is C[C@@H]1NC(=O)[C@H](C)N(C)C(=O)[C@@H]2CCCN2C(=O)CCOC(=O)[C@@H]2CCCN2C1=O. The van der Waals surface area contributed by atoms with Crippen molar-refractivity contribution in [3.05, 3.63) is 0 Å². The van der Waals surface area contributed by atoms with E-state index in [9.17, 15) is 24.0 Å². The van der Waals surface area contributed by atoms with Crippen molar-refractivity contribution in [1.29, 1.82) is 0 Å². The number of fused-ring (bicyclic) bond motifs is 2. The van der Waals surface area contributed by atoms with Gasteiger partial charge in [-0.3, -0.25) is 19.2 Å². The molecule has 10 heteroatoms. The molecule has 3 heterocycles. The average molecular weight is 422 g/mol. The third-order valence-electron chi connectivity index (χ3n) is 6.26. The Morgan fingerprint density at radius 3 is 2.23 bits per heavy atom. The quantitative estimate of drug-likeness (QED) is 0.515. The first-order valence-corrected chi connectivity index (χ1v) is 10.6. The summed E-state index contributed by atoms with van der Waals surface area (Å²) in [5, 5.41) is 2.65. The molecule has 4 atom stereocenters. The minimum absolute atomic E-state index is 0.0215. The number of hydrogen-bond acceptors (Lipinski definition) is 6. The number of ether oxygens (including phenoxy) is 1. The second-order valence-electron chi connectivity index (χ2n) is 8.21. The third kappa shape index (κ3) is 4.27. The number of amides is 4. The van der Waals surface area contributed by atoms with Gasteiger partial charge in [-0.05, 0) is 39.5 Å². The summed E-state index contributed by atoms with van der Waals surface area (Å²) in [6, 6.07) is -2.99. The lowest BCUT2D eigenvalue weighted by Gasteiger charge is -2.32. The lowest BCUT2D eigenvalue weighted by atomic mass is 10.1. The van der Waals surface area contributed by atoms with Gasteiger partial charge in [0.15, 0.2) is 0 Å². The number of rotatable bonds is 0. The molecule has 0 saturated carbocycles. The van der Waals surface area contributed by atoms with Gasteiger partial charge in [0.2, 0.25) is 23.6 Å². The predicted octanol–water partition coefficient (Wildman–Crippen LogP) is -0.733. The van der Waals surface area contributed by atoms with Crippen LogP contribution in [-0.2, 0) is 28.7 Å². The summed E-state index contributed by atoms with van der Waals surface area (Å²) >= 11 is 0. The van der Waals surface area contributed by atoms with E-state index >= 15 is 0 Å². The molecule has 0 aromatic carbocycles. The number of esters is 1. The van der Waals surface area contributed by atoms with Crippen molar-refractivity contribution in [2.75, 3.05) is 26.7 Å². The molecule has 3 rings (SSSR count). The predicted molar refractivity (Wildman–Crippen MR) is 105 cm³/mol. The smallest absolute Gasteiger partial charge is 0.328 e. The molecule has 3 aliphatic heterocycles. The maximum atomic E-state index is 13.0. The molecule has 166 valence electrons. The molecule has 10 nitrogen and oxygen atoms in total. The molecule has 0 aromatic rings. The van der Waals surface area contributed by atoms with Crippen LogP contribution in [0.25, 0.3) is 0 Å². The molecular formula is C20H30N4O6. The van der Waals surface area contributed by atoms with Crippen LogP contribution >= 0.6 is 0 Å². The number of likely N-dealkylation sites (N-methyl/N-ethyl adjacent to an activating group) is 1. The first kappa shape index (κ1) is 22.0. The van der Waals surface area contributed by atoms with E-state index in [1.807, 2.05) is 0 Å². The molecule has 3 aliphatic rings. The van der Waals surface area contributed by atoms with Gasteiger partial charge in [0.1, 0.15) is 30.8 Å². The summed E-state index contributed by atoms with van der Waals surface area (Å²) in [5.74, 6) is -1.95. The zero-order valence-corrected chi connectivity index (χ0v) is 17.8. The summed E-state index contributed by atoms with van der Waals surface area (Å²) in [6.07, 6.45) is 2.34. The van der Waals surface area contributed by atoms with Gasteiger partial charge in [0.05, 0.1) is 6.42 Å². The first-order chi connectivity index (χ1) is 14.2. The van der Waals surface area contributed by atoms with Gasteiger partial charge in [0.25, 0.3) is 0 Å². The molecule has 0 radical (unpaired) electrons. The highest BCUT2D eigenvalue weighted by Gasteiger charge is 2.40. The minimum Gasteiger partial charge on any atom is -0.464 e. The van der Waals surface area contributed by atoms with Crippen molar-refractivity contribution in [2.45, 2.75) is 70.1 Å². The Morgan fingerprint density at radius 1 is 0.900 bits per heavy atom. The second-order valence-corrected chi connectivity index (χ2v) is 8.21. The Hall–Kier alpha value is -2.65. The van der Waals surface area contributed by atoms with E-state index in [-0.39, 0.29) is 30.7 Å². The highest BCUT2D eigenvalue weighted by molar-refractivity contribution is 5.95. The van der Waals surface area contributed by atoms with Crippen LogP contribution in [0.5, 0.6) is 0 Å². The van der Waals surface area contributed by atoms with Crippen molar-refractivity contribution >= 4 is 29.6 Å². The number of hydrogen-bond donors (Lipinski definition) is 1. The summed E-state index contributed by atoms with van der Waals surface area (Å²) in [7, 11) is 1.53. The van der Waals surface area contributed by atoms with Crippen molar-refractivity contribution in [3.63, 3.8) is 0 Å². The summed E-state index contributed by atoms with van der Waals surface area (Å²) < 4.78 is 5.28. The Kier molecular flexibility index (Phi) is 6.62. The molecule has 0 bridgehead atoms. The Bertz CT molecular complexity index is 741. The zero-order chi connectivity index (χ0) is 22.0. The molecule has 3 saturated heterocycles. The topological polar surface area (TPSA) is 116 Å². The van der Waals surface area contributed by atoms with Crippen LogP contribution in [0.2, 0.25) is 0 Å². The summed E-state index contributed by atoms with van der Waals surface area (Å²) in [6.45, 7) is 3.92. The molecular weight excluding hydrogens is 392 g/mol. The number of nitrogens with one attached hydrogen (secondary N) is 1. The largest absolute Gasteiger partial charge is 0.464 e. The molecule has 0 unspecified atom stereocenters. The van der Waals surface area contributed by atoms with Crippen molar-refractivity contribution in [1.82, 2.24) is 20.0 Å². The van der Waals surface area contributed by atoms with Crippen LogP contribution in [0.1, 0.15) is 46.0 Å². The van der Waals surface area contributed by atoms with E-state index in [1.165, 1.54) is 21.7 Å². The Labute approximate surface area is 175 Å². The lowest BCUT2D eigenvalue weighted by molar-refractivity contribution is -0.156. The van der Waals surface area contributed by atoms with Crippen molar-refractivity contribution in [3.8, 4) is 0 Å². The number of carbonyl (C=O) groups excluding carboxylic acids is 5. The zero-order valence-electron chi connectivity index (χ0n) is 17.8. The van der Waals surface area contributed by atoms with E-state index in [2.05, 4.69) is 5.32 Å². The molecule has 0 aromatic heterocycles. The van der Waals surface area contributed by atoms with Gasteiger partial charge < -0.3 is 24.8 Å². The lowest BCUT2D eigenvalue weighted by Crippen LogP contribution is -2.56. The highest BCUT2D eigenvalue weighted by Crippen LogP contribution is 2.23. The van der Waals surface area contributed by atoms with Crippen LogP contribution in [-0.4, -0.2) is 95.2 Å². The number of cyclic esters (lactones) is 1. The van der Waals surface area contributed by atoms with E-state index in [0.29, 0.717) is 38.8 Å². The van der Waals surface area contributed by atoms with Crippen LogP contribution in [0.15, 0.2) is 0 Å². The van der Waals surface area contributed by atoms with Crippen LogP contribution in [0, 0.1) is 0 Å². The van der Waals surface area contributed by atoms with E-state index in [1.54, 1.807) is 13.8 Å². The van der Waals surface area contributed by atoms with Crippen molar-refractivity contribution in [2.24, 2.45) is 0 Å². The van der Waals surface area contributed by atoms with E-state index < -0.39 is 36.0 Å². The fourth-order valence-electron chi connectivity index (χ4n) is 4.32. The second kappa shape index (κ2) is 9.01. The highest BCUT2D eigenvalue weighted by atomic mass is 16.5. The average Bonchev–Trinajstić information content (AvgIpc) is 3.40. The van der Waals surface area contributed by atoms with Crippen molar-refractivity contribution < 1.29 is 28.7 Å². The summed E-state index contributed by atoms with van der Waals surface area (Å²) in [5.41, 5.74) is 0. The monoisotopic (exact) mass is 422 g/mol. The molecule has 0 aliphatic carbocycles. The standard InChI is InChI=1S/C20H30N4O6/c1-12-18(27)24-10-5-7-15(24)20(29)30-11-8-16(25)23-9-4-6-14(23)19(28)22(3)13(2)17(26)21-12/h12-15H,4-11H2,1-3H3,(H,21,26)/t12-,13-,14-,15-/m0/s1. The van der Waals surface area contributed by atoms with E-state index in [0.717, 1.165) is 0 Å². The molecule has 0 spiro atoms. The van der Waals surface area contributed by atoms with Gasteiger partial charge in [-0.1, -0.05) is 0 Å². The fraction of sp³-hybridized carbons (Fsp3) is 0.750. The van der Waals surface area contributed by atoms with Gasteiger partial charge >= 0.3 is 5.97 Å². The number of nitrogens with zero attached hydrogens (tertiary/aromatic N) is 3. The summed E-state index contributed by atoms with van der Waals surface area (Å²) in [4.78, 5) is 67.9. The fourth-order valence-corrected chi connectivity index (χ4v) is 4.32. The molecule has 30 heavy (non-hydrogen) atoms. The van der Waals surface area contributed by atoms with Gasteiger partial charge in [-0.15, -0.1) is 0 Å². The molecule has 3 fully saturated rings. The van der Waals surface area contributed by atoms with Gasteiger partial charge in [0, 0.05) is 20.1 Å². The third-order valence-corrected chi connectivity index (χ3v) is 6.26. The van der Waals surface area contributed by atoms with E-state index in [4.69, 9.17) is 4.74 Å². The number of carbonyl (C=O) groups is 5. The maximum absolute atomic E-state index is 13.0. The van der Waals surface area contributed by atoms with Gasteiger partial charge in [-0.25, -0.2) is 4.79 Å². The minimum atomic E-state index is -0.839. The van der Waals surface area contributed by atoms with Crippen LogP contribution in [0.3, 0.4) is 0 Å². The maximum Gasteiger partial charge on any atom is 0.328 e. The normalized spacial score (nSPS) is 32.1. The Balaban J connectivity index is 1.84. The van der Waals surface area contributed by atoms with Crippen LogP contribution < -0.4 is 5.32 Å². The molecule has 4 amide bonds. The van der Waals surface area contributed by atoms with Gasteiger partial charge in [-0.2, -0.15) is 0 Å². The Morgan fingerprint density at radius 2 is 1.53 bits per heavy atom.